The number of phenols is 2. The van der Waals surface area contributed by atoms with E-state index in [0.29, 0.717) is 6.54 Å². The molecule has 1 aromatic heterocycles. The Labute approximate surface area is 114 Å². The van der Waals surface area contributed by atoms with E-state index in [0.717, 1.165) is 15.6 Å². The Morgan fingerprint density at radius 2 is 1.95 bits per heavy atom. The highest BCUT2D eigenvalue weighted by Crippen LogP contribution is 2.26. The van der Waals surface area contributed by atoms with Gasteiger partial charge in [-0.2, -0.15) is 0 Å². The van der Waals surface area contributed by atoms with E-state index >= 15 is 0 Å². The van der Waals surface area contributed by atoms with Crippen molar-refractivity contribution in [3.05, 3.63) is 39.3 Å². The third-order valence-corrected chi connectivity index (χ3v) is 3.73. The van der Waals surface area contributed by atoms with Crippen molar-refractivity contribution in [2.45, 2.75) is 20.4 Å². The van der Waals surface area contributed by atoms with Crippen LogP contribution in [-0.4, -0.2) is 21.1 Å². The van der Waals surface area contributed by atoms with Crippen LogP contribution in [0.25, 0.3) is 0 Å². The van der Waals surface area contributed by atoms with Crippen molar-refractivity contribution in [2.24, 2.45) is 0 Å². The Morgan fingerprint density at radius 1 is 1.32 bits per heavy atom. The Bertz CT molecular complexity index is 602. The van der Waals surface area contributed by atoms with E-state index in [-0.39, 0.29) is 17.1 Å². The van der Waals surface area contributed by atoms with Gasteiger partial charge in [0, 0.05) is 4.88 Å². The van der Waals surface area contributed by atoms with Crippen molar-refractivity contribution in [3.63, 3.8) is 0 Å². The first-order chi connectivity index (χ1) is 8.99. The SMILES string of the molecule is Cc1nc(C)c(CNC(=O)c2c(O)cccc2O)s1. The highest BCUT2D eigenvalue weighted by Gasteiger charge is 2.16. The molecule has 0 spiro atoms. The number of thiazole rings is 1. The van der Waals surface area contributed by atoms with Crippen LogP contribution < -0.4 is 5.32 Å². The summed E-state index contributed by atoms with van der Waals surface area (Å²) in [7, 11) is 0. The van der Waals surface area contributed by atoms with Crippen molar-refractivity contribution in [1.29, 1.82) is 0 Å². The molecule has 2 rings (SSSR count). The summed E-state index contributed by atoms with van der Waals surface area (Å²) in [4.78, 5) is 17.2. The number of benzene rings is 1. The minimum absolute atomic E-state index is 0.110. The molecule has 0 saturated carbocycles. The highest BCUT2D eigenvalue weighted by atomic mass is 32.1. The third-order valence-electron chi connectivity index (χ3n) is 2.66. The van der Waals surface area contributed by atoms with Crippen molar-refractivity contribution in [3.8, 4) is 11.5 Å². The molecule has 19 heavy (non-hydrogen) atoms. The molecular weight excluding hydrogens is 264 g/mol. The lowest BCUT2D eigenvalue weighted by atomic mass is 10.1. The zero-order valence-electron chi connectivity index (χ0n) is 10.6. The van der Waals surface area contributed by atoms with Crippen molar-refractivity contribution < 1.29 is 15.0 Å². The number of aryl methyl sites for hydroxylation is 2. The van der Waals surface area contributed by atoms with Crippen LogP contribution >= 0.6 is 11.3 Å². The van der Waals surface area contributed by atoms with Gasteiger partial charge in [0.2, 0.25) is 0 Å². The predicted octanol–water partition coefficient (Wildman–Crippen LogP) is 2.10. The molecule has 0 saturated heterocycles. The highest BCUT2D eigenvalue weighted by molar-refractivity contribution is 7.11. The first-order valence-corrected chi connectivity index (χ1v) is 6.52. The second kappa shape index (κ2) is 5.27. The standard InChI is InChI=1S/C13H14N2O3S/c1-7-11(19-8(2)15-7)6-14-13(18)12-9(16)4-3-5-10(12)17/h3-5,16-17H,6H2,1-2H3,(H,14,18). The predicted molar refractivity (Wildman–Crippen MR) is 72.5 cm³/mol. The molecular formula is C13H14N2O3S. The van der Waals surface area contributed by atoms with Crippen LogP contribution in [-0.2, 0) is 6.54 Å². The van der Waals surface area contributed by atoms with Gasteiger partial charge in [0.05, 0.1) is 17.2 Å². The van der Waals surface area contributed by atoms with E-state index < -0.39 is 5.91 Å². The largest absolute Gasteiger partial charge is 0.507 e. The molecule has 3 N–H and O–H groups in total. The minimum atomic E-state index is -0.513. The summed E-state index contributed by atoms with van der Waals surface area (Å²) < 4.78 is 0. The van der Waals surface area contributed by atoms with Gasteiger partial charge in [-0.3, -0.25) is 4.79 Å². The van der Waals surface area contributed by atoms with Crippen LogP contribution in [0.4, 0.5) is 0 Å². The molecule has 1 amide bonds. The Hall–Kier alpha value is -2.08. The maximum absolute atomic E-state index is 11.9. The van der Waals surface area contributed by atoms with Gasteiger partial charge in [-0.1, -0.05) is 6.07 Å². The van der Waals surface area contributed by atoms with Crippen LogP contribution in [0.1, 0.15) is 25.9 Å². The summed E-state index contributed by atoms with van der Waals surface area (Å²) in [6.45, 7) is 4.10. The monoisotopic (exact) mass is 278 g/mol. The van der Waals surface area contributed by atoms with Gasteiger partial charge in [-0.15, -0.1) is 11.3 Å². The van der Waals surface area contributed by atoms with Crippen LogP contribution in [0.3, 0.4) is 0 Å². The van der Waals surface area contributed by atoms with Crippen LogP contribution in [0.5, 0.6) is 11.5 Å². The fourth-order valence-corrected chi connectivity index (χ4v) is 2.62. The van der Waals surface area contributed by atoms with E-state index in [1.54, 1.807) is 0 Å². The Balaban J connectivity index is 2.12. The molecule has 0 aliphatic rings. The van der Waals surface area contributed by atoms with Crippen LogP contribution in [0.2, 0.25) is 0 Å². The quantitative estimate of drug-likeness (QED) is 0.803. The lowest BCUT2D eigenvalue weighted by molar-refractivity contribution is 0.0946. The number of phenolic OH excluding ortho intramolecular Hbond substituents is 2. The van der Waals surface area contributed by atoms with Gasteiger partial charge in [0.1, 0.15) is 17.1 Å². The minimum Gasteiger partial charge on any atom is -0.507 e. The fraction of sp³-hybridized carbons (Fsp3) is 0.231. The number of nitrogens with zero attached hydrogens (tertiary/aromatic N) is 1. The van der Waals surface area contributed by atoms with E-state index in [1.807, 2.05) is 13.8 Å². The van der Waals surface area contributed by atoms with Gasteiger partial charge >= 0.3 is 0 Å². The summed E-state index contributed by atoms with van der Waals surface area (Å²) in [5.74, 6) is -0.995. The number of carbonyl (C=O) groups is 1. The van der Waals surface area contributed by atoms with Crippen molar-refractivity contribution in [1.82, 2.24) is 10.3 Å². The topological polar surface area (TPSA) is 82.5 Å². The summed E-state index contributed by atoms with van der Waals surface area (Å²) in [5, 5.41) is 22.8. The van der Waals surface area contributed by atoms with E-state index in [9.17, 15) is 15.0 Å². The summed E-state index contributed by atoms with van der Waals surface area (Å²) in [6, 6.07) is 4.19. The van der Waals surface area contributed by atoms with Gasteiger partial charge in [-0.25, -0.2) is 4.98 Å². The molecule has 0 aliphatic heterocycles. The molecule has 1 heterocycles. The van der Waals surface area contributed by atoms with Crippen LogP contribution in [0.15, 0.2) is 18.2 Å². The molecule has 2 aromatic rings. The van der Waals surface area contributed by atoms with E-state index in [1.165, 1.54) is 29.5 Å². The second-order valence-corrected chi connectivity index (χ2v) is 5.38. The molecule has 0 aliphatic carbocycles. The Kier molecular flexibility index (Phi) is 3.71. The molecule has 6 heteroatoms. The van der Waals surface area contributed by atoms with Gasteiger partial charge in [-0.05, 0) is 26.0 Å². The van der Waals surface area contributed by atoms with E-state index in [4.69, 9.17) is 0 Å². The number of rotatable bonds is 3. The molecule has 0 bridgehead atoms. The average molecular weight is 278 g/mol. The lowest BCUT2D eigenvalue weighted by Crippen LogP contribution is -2.22. The maximum Gasteiger partial charge on any atom is 0.259 e. The van der Waals surface area contributed by atoms with Crippen molar-refractivity contribution >= 4 is 17.2 Å². The molecule has 100 valence electrons. The zero-order chi connectivity index (χ0) is 14.0. The van der Waals surface area contributed by atoms with Gasteiger partial charge in [0.15, 0.2) is 0 Å². The number of carbonyl (C=O) groups excluding carboxylic acids is 1. The first-order valence-electron chi connectivity index (χ1n) is 5.71. The smallest absolute Gasteiger partial charge is 0.259 e. The number of amides is 1. The molecule has 0 unspecified atom stereocenters. The molecule has 0 radical (unpaired) electrons. The van der Waals surface area contributed by atoms with Crippen LogP contribution in [0, 0.1) is 13.8 Å². The zero-order valence-corrected chi connectivity index (χ0v) is 11.4. The molecule has 0 atom stereocenters. The average Bonchev–Trinajstić information content (AvgIpc) is 2.65. The number of aromatic nitrogens is 1. The Morgan fingerprint density at radius 3 is 2.47 bits per heavy atom. The summed E-state index contributed by atoms with van der Waals surface area (Å²) in [6.07, 6.45) is 0. The summed E-state index contributed by atoms with van der Waals surface area (Å²) in [5.41, 5.74) is 0.769. The lowest BCUT2D eigenvalue weighted by Gasteiger charge is -2.07. The number of nitrogens with one attached hydrogen (secondary N) is 1. The molecule has 5 nitrogen and oxygen atoms in total. The van der Waals surface area contributed by atoms with Gasteiger partial charge < -0.3 is 15.5 Å². The molecule has 1 aromatic carbocycles. The van der Waals surface area contributed by atoms with Gasteiger partial charge in [0.25, 0.3) is 5.91 Å². The fourth-order valence-electron chi connectivity index (χ4n) is 1.75. The van der Waals surface area contributed by atoms with Crippen molar-refractivity contribution in [2.75, 3.05) is 0 Å². The normalized spacial score (nSPS) is 10.4. The summed E-state index contributed by atoms with van der Waals surface area (Å²) >= 11 is 1.51. The first kappa shape index (κ1) is 13.4. The number of hydrogen-bond acceptors (Lipinski definition) is 5. The number of aromatic hydroxyl groups is 2. The second-order valence-electron chi connectivity index (χ2n) is 4.10. The van der Waals surface area contributed by atoms with E-state index in [2.05, 4.69) is 10.3 Å². The third kappa shape index (κ3) is 2.85. The molecule has 0 fully saturated rings. The number of hydrogen-bond donors (Lipinski definition) is 3. The maximum atomic E-state index is 11.9.